The number of thioether (sulfide) groups is 1. The molecule has 1 aromatic heterocycles. The summed E-state index contributed by atoms with van der Waals surface area (Å²) in [6.07, 6.45) is 1.94. The number of hydrogen-bond donors (Lipinski definition) is 1. The topological polar surface area (TPSA) is 64.4 Å². The van der Waals surface area contributed by atoms with Crippen LogP contribution in [0.5, 0.6) is 5.75 Å². The molecule has 1 aromatic carbocycles. The lowest BCUT2D eigenvalue weighted by atomic mass is 10.1. The van der Waals surface area contributed by atoms with Crippen LogP contribution in [0, 0.1) is 0 Å². The number of benzene rings is 1. The number of hydrogen-bond acceptors (Lipinski definition) is 4. The fourth-order valence-corrected chi connectivity index (χ4v) is 3.26. The van der Waals surface area contributed by atoms with Crippen LogP contribution >= 0.6 is 11.8 Å². The molecule has 0 spiro atoms. The molecule has 0 saturated carbocycles. The van der Waals surface area contributed by atoms with Gasteiger partial charge in [0.25, 0.3) is 0 Å². The van der Waals surface area contributed by atoms with Gasteiger partial charge in [-0.1, -0.05) is 31.7 Å². The number of imidazole rings is 1. The van der Waals surface area contributed by atoms with Crippen LogP contribution in [-0.2, 0) is 4.79 Å². The van der Waals surface area contributed by atoms with Gasteiger partial charge in [0, 0.05) is 6.04 Å². The maximum absolute atomic E-state index is 10.8. The predicted molar refractivity (Wildman–Crippen MR) is 84.3 cm³/mol. The van der Waals surface area contributed by atoms with Crippen LogP contribution in [0.1, 0.15) is 32.7 Å². The van der Waals surface area contributed by atoms with Gasteiger partial charge in [-0.15, -0.1) is 0 Å². The Morgan fingerprint density at radius 1 is 1.43 bits per heavy atom. The van der Waals surface area contributed by atoms with E-state index in [1.54, 1.807) is 7.11 Å². The van der Waals surface area contributed by atoms with E-state index >= 15 is 0 Å². The quantitative estimate of drug-likeness (QED) is 0.792. The van der Waals surface area contributed by atoms with E-state index in [0.29, 0.717) is 6.04 Å². The van der Waals surface area contributed by atoms with E-state index in [0.717, 1.165) is 34.8 Å². The van der Waals surface area contributed by atoms with Crippen molar-refractivity contribution in [2.45, 2.75) is 37.9 Å². The third-order valence-corrected chi connectivity index (χ3v) is 4.44. The highest BCUT2D eigenvalue weighted by atomic mass is 32.2. The van der Waals surface area contributed by atoms with E-state index in [4.69, 9.17) is 9.84 Å². The van der Waals surface area contributed by atoms with Crippen LogP contribution in [0.3, 0.4) is 0 Å². The molecule has 2 rings (SSSR count). The van der Waals surface area contributed by atoms with Crippen molar-refractivity contribution in [3.05, 3.63) is 18.2 Å². The lowest BCUT2D eigenvalue weighted by Gasteiger charge is -2.18. The highest BCUT2D eigenvalue weighted by Gasteiger charge is 2.19. The molecule has 0 radical (unpaired) electrons. The van der Waals surface area contributed by atoms with Crippen LogP contribution in [0.25, 0.3) is 11.0 Å². The molecule has 2 aromatic rings. The lowest BCUT2D eigenvalue weighted by molar-refractivity contribution is -0.133. The van der Waals surface area contributed by atoms with Crippen LogP contribution < -0.4 is 4.74 Å². The monoisotopic (exact) mass is 308 g/mol. The molecule has 0 bridgehead atoms. The Kier molecular flexibility index (Phi) is 5.12. The molecule has 0 atom stereocenters. The van der Waals surface area contributed by atoms with E-state index < -0.39 is 5.97 Å². The molecule has 0 fully saturated rings. The molecule has 0 amide bonds. The fraction of sp³-hybridized carbons (Fsp3) is 0.467. The van der Waals surface area contributed by atoms with Gasteiger partial charge in [-0.05, 0) is 25.0 Å². The summed E-state index contributed by atoms with van der Waals surface area (Å²) in [5, 5.41) is 9.65. The molecule has 21 heavy (non-hydrogen) atoms. The van der Waals surface area contributed by atoms with Gasteiger partial charge >= 0.3 is 5.97 Å². The Bertz CT molecular complexity index is 635. The van der Waals surface area contributed by atoms with Crippen molar-refractivity contribution in [1.82, 2.24) is 9.55 Å². The zero-order valence-electron chi connectivity index (χ0n) is 12.5. The third-order valence-electron chi connectivity index (χ3n) is 3.50. The molecule has 0 saturated heterocycles. The standard InChI is InChI=1S/C15H20N2O3S/c1-4-10(5-2)17-11-7-6-8-12(20-3)14(11)16-15(17)21-9-13(18)19/h6-8,10H,4-5,9H2,1-3H3,(H,18,19). The van der Waals surface area contributed by atoms with Gasteiger partial charge in [0.15, 0.2) is 5.16 Å². The Morgan fingerprint density at radius 3 is 2.71 bits per heavy atom. The van der Waals surface area contributed by atoms with E-state index in [9.17, 15) is 4.79 Å². The third kappa shape index (κ3) is 3.15. The first-order valence-corrected chi connectivity index (χ1v) is 8.00. The molecule has 0 aliphatic rings. The highest BCUT2D eigenvalue weighted by Crippen LogP contribution is 2.34. The Morgan fingerprint density at radius 2 is 2.14 bits per heavy atom. The maximum Gasteiger partial charge on any atom is 0.313 e. The number of carboxylic acids is 1. The number of ether oxygens (including phenoxy) is 1. The van der Waals surface area contributed by atoms with Crippen molar-refractivity contribution in [2.75, 3.05) is 12.9 Å². The fourth-order valence-electron chi connectivity index (χ4n) is 2.47. The Hall–Kier alpha value is -1.69. The minimum absolute atomic E-state index is 0.00574. The van der Waals surface area contributed by atoms with Crippen molar-refractivity contribution < 1.29 is 14.6 Å². The van der Waals surface area contributed by atoms with Crippen LogP contribution in [-0.4, -0.2) is 33.5 Å². The van der Waals surface area contributed by atoms with Crippen molar-refractivity contribution in [2.24, 2.45) is 0 Å². The summed E-state index contributed by atoms with van der Waals surface area (Å²) in [4.78, 5) is 15.5. The van der Waals surface area contributed by atoms with E-state index in [2.05, 4.69) is 23.4 Å². The van der Waals surface area contributed by atoms with Crippen LogP contribution in [0.15, 0.2) is 23.4 Å². The average Bonchev–Trinajstić information content (AvgIpc) is 2.85. The Balaban J connectivity index is 2.58. The summed E-state index contributed by atoms with van der Waals surface area (Å²) in [6, 6.07) is 6.12. The van der Waals surface area contributed by atoms with Crippen molar-refractivity contribution >= 4 is 28.8 Å². The SMILES string of the molecule is CCC(CC)n1c(SCC(=O)O)nc2c(OC)cccc21. The van der Waals surface area contributed by atoms with Crippen LogP contribution in [0.2, 0.25) is 0 Å². The minimum Gasteiger partial charge on any atom is -0.494 e. The van der Waals surface area contributed by atoms with Crippen molar-refractivity contribution in [3.8, 4) is 5.75 Å². The molecule has 0 aliphatic heterocycles. The van der Waals surface area contributed by atoms with Crippen molar-refractivity contribution in [3.63, 3.8) is 0 Å². The number of rotatable bonds is 7. The largest absolute Gasteiger partial charge is 0.494 e. The first-order valence-electron chi connectivity index (χ1n) is 7.01. The molecule has 1 N–H and O–H groups in total. The lowest BCUT2D eigenvalue weighted by Crippen LogP contribution is -2.09. The first-order chi connectivity index (χ1) is 10.1. The van der Waals surface area contributed by atoms with Gasteiger partial charge in [-0.25, -0.2) is 4.98 Å². The number of fused-ring (bicyclic) bond motifs is 1. The summed E-state index contributed by atoms with van der Waals surface area (Å²) < 4.78 is 7.51. The number of aliphatic carboxylic acids is 1. The van der Waals surface area contributed by atoms with E-state index in [-0.39, 0.29) is 5.75 Å². The minimum atomic E-state index is -0.838. The van der Waals surface area contributed by atoms with Gasteiger partial charge in [0.1, 0.15) is 11.3 Å². The Labute approximate surface area is 128 Å². The second-order valence-corrected chi connectivity index (χ2v) is 5.69. The zero-order chi connectivity index (χ0) is 15.4. The van der Waals surface area contributed by atoms with E-state index in [1.807, 2.05) is 18.2 Å². The molecule has 0 unspecified atom stereocenters. The van der Waals surface area contributed by atoms with Crippen LogP contribution in [0.4, 0.5) is 0 Å². The second-order valence-electron chi connectivity index (χ2n) is 4.75. The summed E-state index contributed by atoms with van der Waals surface area (Å²) >= 11 is 1.26. The smallest absolute Gasteiger partial charge is 0.313 e. The normalized spacial score (nSPS) is 11.2. The molecular weight excluding hydrogens is 288 g/mol. The summed E-state index contributed by atoms with van der Waals surface area (Å²) in [7, 11) is 1.62. The zero-order valence-corrected chi connectivity index (χ0v) is 13.3. The number of nitrogens with zero attached hydrogens (tertiary/aromatic N) is 2. The number of carboxylic acid groups (broad SMARTS) is 1. The molecule has 6 heteroatoms. The summed E-state index contributed by atoms with van der Waals surface area (Å²) in [5.74, 6) is -0.115. The number of carbonyl (C=O) groups is 1. The maximum atomic E-state index is 10.8. The molecule has 114 valence electrons. The summed E-state index contributed by atoms with van der Waals surface area (Å²) in [6.45, 7) is 4.26. The average molecular weight is 308 g/mol. The number of methoxy groups -OCH3 is 1. The van der Waals surface area contributed by atoms with Gasteiger partial charge in [-0.2, -0.15) is 0 Å². The predicted octanol–water partition coefficient (Wildman–Crippen LogP) is 3.58. The van der Waals surface area contributed by atoms with Crippen molar-refractivity contribution in [1.29, 1.82) is 0 Å². The molecule has 1 heterocycles. The second kappa shape index (κ2) is 6.85. The highest BCUT2D eigenvalue weighted by molar-refractivity contribution is 7.99. The number of para-hydroxylation sites is 1. The van der Waals surface area contributed by atoms with Gasteiger partial charge in [0.2, 0.25) is 0 Å². The van der Waals surface area contributed by atoms with Gasteiger partial charge in [0.05, 0.1) is 18.4 Å². The number of aromatic nitrogens is 2. The molecular formula is C15H20N2O3S. The van der Waals surface area contributed by atoms with Gasteiger partial charge in [-0.3, -0.25) is 4.79 Å². The van der Waals surface area contributed by atoms with Gasteiger partial charge < -0.3 is 14.4 Å². The molecule has 5 nitrogen and oxygen atoms in total. The summed E-state index contributed by atoms with van der Waals surface area (Å²) in [5.41, 5.74) is 1.79. The first kappa shape index (κ1) is 15.7. The molecule has 0 aliphatic carbocycles. The van der Waals surface area contributed by atoms with E-state index in [1.165, 1.54) is 11.8 Å².